The Morgan fingerprint density at radius 2 is 1.69 bits per heavy atom. The van der Waals surface area contributed by atoms with Crippen molar-refractivity contribution in [2.75, 3.05) is 31.4 Å². The first kappa shape index (κ1) is 22.3. The molecule has 2 aromatic carbocycles. The third-order valence-electron chi connectivity index (χ3n) is 6.50. The van der Waals surface area contributed by atoms with Gasteiger partial charge in [-0.1, -0.05) is 18.2 Å². The van der Waals surface area contributed by atoms with Gasteiger partial charge in [0.05, 0.1) is 12.6 Å². The molecule has 32 heavy (non-hydrogen) atoms. The summed E-state index contributed by atoms with van der Waals surface area (Å²) in [4.78, 5) is 11.6. The largest absolute Gasteiger partial charge is 0.496 e. The van der Waals surface area contributed by atoms with Crippen molar-refractivity contribution in [3.05, 3.63) is 53.1 Å². The van der Waals surface area contributed by atoms with Gasteiger partial charge >= 0.3 is 0 Å². The zero-order chi connectivity index (χ0) is 22.7. The standard InChI is InChI=1S/C26H35N5O/c1-17-15-24(32-5)18(2)14-19(17)16-27-20-10-12-21(13-11-20)28-26-29-23-9-7-6-8-22(23)25(30-26)31(3)4/h6-9,14-15,20-21,27H,10-13,16H2,1-5H3,(H,28,29,30). The van der Waals surface area contributed by atoms with Crippen LogP contribution < -0.4 is 20.3 Å². The summed E-state index contributed by atoms with van der Waals surface area (Å²) >= 11 is 0. The lowest BCUT2D eigenvalue weighted by Crippen LogP contribution is -2.37. The molecule has 1 aliphatic carbocycles. The van der Waals surface area contributed by atoms with Crippen molar-refractivity contribution < 1.29 is 4.74 Å². The van der Waals surface area contributed by atoms with E-state index in [1.165, 1.54) is 16.7 Å². The zero-order valence-corrected chi connectivity index (χ0v) is 19.9. The lowest BCUT2D eigenvalue weighted by molar-refractivity contribution is 0.352. The van der Waals surface area contributed by atoms with Crippen LogP contribution in [0.3, 0.4) is 0 Å². The van der Waals surface area contributed by atoms with Crippen molar-refractivity contribution in [3.8, 4) is 5.75 Å². The molecule has 0 atom stereocenters. The molecule has 0 unspecified atom stereocenters. The molecular formula is C26H35N5O. The maximum Gasteiger partial charge on any atom is 0.225 e. The van der Waals surface area contributed by atoms with Gasteiger partial charge in [-0.2, -0.15) is 4.98 Å². The summed E-state index contributed by atoms with van der Waals surface area (Å²) in [5.41, 5.74) is 4.80. The fourth-order valence-corrected chi connectivity index (χ4v) is 4.60. The number of benzene rings is 2. The van der Waals surface area contributed by atoms with Gasteiger partial charge in [0.1, 0.15) is 11.6 Å². The fourth-order valence-electron chi connectivity index (χ4n) is 4.60. The van der Waals surface area contributed by atoms with E-state index in [9.17, 15) is 0 Å². The second-order valence-electron chi connectivity index (χ2n) is 9.10. The van der Waals surface area contributed by atoms with Gasteiger partial charge in [0.15, 0.2) is 0 Å². The number of methoxy groups -OCH3 is 1. The number of anilines is 2. The van der Waals surface area contributed by atoms with Crippen LogP contribution in [0.25, 0.3) is 10.9 Å². The number of hydrogen-bond acceptors (Lipinski definition) is 6. The minimum atomic E-state index is 0.411. The highest BCUT2D eigenvalue weighted by Crippen LogP contribution is 2.27. The summed E-state index contributed by atoms with van der Waals surface area (Å²) in [7, 11) is 5.79. The molecule has 4 rings (SSSR count). The van der Waals surface area contributed by atoms with Gasteiger partial charge < -0.3 is 20.3 Å². The third kappa shape index (κ3) is 4.96. The van der Waals surface area contributed by atoms with Crippen LogP contribution in [0, 0.1) is 13.8 Å². The van der Waals surface area contributed by atoms with Gasteiger partial charge in [-0.15, -0.1) is 0 Å². The first-order chi connectivity index (χ1) is 15.4. The molecule has 6 nitrogen and oxygen atoms in total. The molecule has 0 bridgehead atoms. The van der Waals surface area contributed by atoms with E-state index >= 15 is 0 Å². The van der Waals surface area contributed by atoms with Gasteiger partial charge in [0.25, 0.3) is 0 Å². The minimum absolute atomic E-state index is 0.411. The average Bonchev–Trinajstić information content (AvgIpc) is 2.79. The molecule has 0 amide bonds. The molecule has 1 fully saturated rings. The maximum absolute atomic E-state index is 5.44. The lowest BCUT2D eigenvalue weighted by Gasteiger charge is -2.30. The molecule has 1 saturated carbocycles. The van der Waals surface area contributed by atoms with Crippen LogP contribution in [0.4, 0.5) is 11.8 Å². The average molecular weight is 434 g/mol. The Kier molecular flexibility index (Phi) is 6.80. The van der Waals surface area contributed by atoms with Gasteiger partial charge in [-0.3, -0.25) is 0 Å². The molecule has 0 aliphatic heterocycles. The highest BCUT2D eigenvalue weighted by atomic mass is 16.5. The summed E-state index contributed by atoms with van der Waals surface area (Å²) in [6.45, 7) is 5.17. The number of ether oxygens (including phenoxy) is 1. The highest BCUT2D eigenvalue weighted by molar-refractivity contribution is 5.90. The third-order valence-corrected chi connectivity index (χ3v) is 6.50. The van der Waals surface area contributed by atoms with E-state index in [0.29, 0.717) is 12.1 Å². The van der Waals surface area contributed by atoms with E-state index in [1.807, 2.05) is 26.2 Å². The van der Waals surface area contributed by atoms with Crippen LogP contribution in [0.1, 0.15) is 42.4 Å². The summed E-state index contributed by atoms with van der Waals surface area (Å²) in [5.74, 6) is 2.65. The summed E-state index contributed by atoms with van der Waals surface area (Å²) in [6, 6.07) is 13.5. The van der Waals surface area contributed by atoms with Gasteiger partial charge in [-0.05, 0) is 74.4 Å². The van der Waals surface area contributed by atoms with Crippen LogP contribution >= 0.6 is 0 Å². The van der Waals surface area contributed by atoms with Crippen molar-refractivity contribution >= 4 is 22.7 Å². The minimum Gasteiger partial charge on any atom is -0.496 e. The molecular weight excluding hydrogens is 398 g/mol. The van der Waals surface area contributed by atoms with E-state index in [4.69, 9.17) is 14.7 Å². The zero-order valence-electron chi connectivity index (χ0n) is 19.9. The van der Waals surface area contributed by atoms with Crippen LogP contribution in [0.5, 0.6) is 5.75 Å². The van der Waals surface area contributed by atoms with Crippen LogP contribution in [0.15, 0.2) is 36.4 Å². The molecule has 2 N–H and O–H groups in total. The Balaban J connectivity index is 1.34. The normalized spacial score (nSPS) is 18.5. The number of nitrogens with one attached hydrogen (secondary N) is 2. The molecule has 1 aliphatic rings. The topological polar surface area (TPSA) is 62.3 Å². The van der Waals surface area contributed by atoms with E-state index in [0.717, 1.165) is 60.6 Å². The number of rotatable bonds is 7. The molecule has 0 spiro atoms. The van der Waals surface area contributed by atoms with Gasteiger partial charge in [0, 0.05) is 38.1 Å². The monoisotopic (exact) mass is 433 g/mol. The fraction of sp³-hybridized carbons (Fsp3) is 0.462. The quantitative estimate of drug-likeness (QED) is 0.556. The second kappa shape index (κ2) is 9.74. The Morgan fingerprint density at radius 3 is 2.41 bits per heavy atom. The van der Waals surface area contributed by atoms with E-state index in [2.05, 4.69) is 53.6 Å². The SMILES string of the molecule is COc1cc(C)c(CNC2CCC(Nc3nc(N(C)C)c4ccccc4n3)CC2)cc1C. The molecule has 3 aromatic rings. The van der Waals surface area contributed by atoms with E-state index in [-0.39, 0.29) is 0 Å². The number of fused-ring (bicyclic) bond motifs is 1. The van der Waals surface area contributed by atoms with Crippen LogP contribution in [-0.2, 0) is 6.54 Å². The van der Waals surface area contributed by atoms with Crippen molar-refractivity contribution in [2.24, 2.45) is 0 Å². The smallest absolute Gasteiger partial charge is 0.225 e. The van der Waals surface area contributed by atoms with Crippen molar-refractivity contribution in [2.45, 2.75) is 58.2 Å². The maximum atomic E-state index is 5.44. The van der Waals surface area contributed by atoms with Crippen molar-refractivity contribution in [1.82, 2.24) is 15.3 Å². The summed E-state index contributed by atoms with van der Waals surface area (Å²) < 4.78 is 5.44. The lowest BCUT2D eigenvalue weighted by atomic mass is 9.91. The van der Waals surface area contributed by atoms with Gasteiger partial charge in [-0.25, -0.2) is 4.98 Å². The van der Waals surface area contributed by atoms with Crippen LogP contribution in [0.2, 0.25) is 0 Å². The first-order valence-electron chi connectivity index (χ1n) is 11.5. The summed E-state index contributed by atoms with van der Waals surface area (Å²) in [5, 5.41) is 8.45. The second-order valence-corrected chi connectivity index (χ2v) is 9.10. The van der Waals surface area contributed by atoms with Gasteiger partial charge in [0.2, 0.25) is 5.95 Å². The van der Waals surface area contributed by atoms with E-state index < -0.39 is 0 Å². The number of aromatic nitrogens is 2. The Hall–Kier alpha value is -2.86. The number of para-hydroxylation sites is 1. The number of aryl methyl sites for hydroxylation is 2. The molecule has 1 heterocycles. The predicted octanol–water partition coefficient (Wildman–Crippen LogP) is 4.83. The highest BCUT2D eigenvalue weighted by Gasteiger charge is 2.22. The van der Waals surface area contributed by atoms with Crippen LogP contribution in [-0.4, -0.2) is 43.3 Å². The van der Waals surface area contributed by atoms with E-state index in [1.54, 1.807) is 7.11 Å². The molecule has 1 aromatic heterocycles. The number of hydrogen-bond donors (Lipinski definition) is 2. The number of nitrogens with zero attached hydrogens (tertiary/aromatic N) is 3. The Labute approximate surface area is 191 Å². The first-order valence-corrected chi connectivity index (χ1v) is 11.5. The Bertz CT molecular complexity index is 1070. The molecule has 6 heteroatoms. The van der Waals surface area contributed by atoms with Crippen molar-refractivity contribution in [3.63, 3.8) is 0 Å². The molecule has 0 radical (unpaired) electrons. The Morgan fingerprint density at radius 1 is 0.969 bits per heavy atom. The molecule has 170 valence electrons. The molecule has 0 saturated heterocycles. The van der Waals surface area contributed by atoms with Crippen molar-refractivity contribution in [1.29, 1.82) is 0 Å². The summed E-state index contributed by atoms with van der Waals surface area (Å²) in [6.07, 6.45) is 4.54. The predicted molar refractivity (Wildman–Crippen MR) is 133 cm³/mol.